The molecule has 3 heteroatoms. The van der Waals surface area contributed by atoms with E-state index < -0.39 is 0 Å². The number of nitrogens with one attached hydrogen (secondary N) is 2. The second-order valence-corrected chi connectivity index (χ2v) is 7.92. The van der Waals surface area contributed by atoms with Gasteiger partial charge in [-0.2, -0.15) is 0 Å². The molecule has 3 nitrogen and oxygen atoms in total. The van der Waals surface area contributed by atoms with Crippen LogP contribution in [0.2, 0.25) is 0 Å². The minimum absolute atomic E-state index is 0.0859. The van der Waals surface area contributed by atoms with Crippen molar-refractivity contribution in [3.05, 3.63) is 65.2 Å². The van der Waals surface area contributed by atoms with E-state index in [2.05, 4.69) is 73.0 Å². The van der Waals surface area contributed by atoms with Crippen LogP contribution < -0.4 is 15.4 Å². The number of rotatable bonds is 4. The second-order valence-electron chi connectivity index (χ2n) is 7.92. The molecule has 2 aliphatic heterocycles. The zero-order valence-corrected chi connectivity index (χ0v) is 15.2. The van der Waals surface area contributed by atoms with Gasteiger partial charge in [0, 0.05) is 30.6 Å². The molecule has 2 atom stereocenters. The Labute approximate surface area is 150 Å². The maximum Gasteiger partial charge on any atom is 0.127 e. The van der Waals surface area contributed by atoms with Crippen molar-refractivity contribution in [3.63, 3.8) is 0 Å². The van der Waals surface area contributed by atoms with Gasteiger partial charge < -0.3 is 15.4 Å². The van der Waals surface area contributed by atoms with E-state index in [0.717, 1.165) is 25.3 Å². The summed E-state index contributed by atoms with van der Waals surface area (Å²) in [6.07, 6.45) is 3.42. The number of hydrogen-bond acceptors (Lipinski definition) is 3. The SMILES string of the molecule is CC1(C)Cc2cccc(CN[C@H]3CCCN[C@H]3c3ccccc3)c2O1. The maximum absolute atomic E-state index is 6.22. The fourth-order valence-electron chi connectivity index (χ4n) is 4.18. The van der Waals surface area contributed by atoms with E-state index in [-0.39, 0.29) is 5.60 Å². The number of ether oxygens (including phenoxy) is 1. The molecule has 0 unspecified atom stereocenters. The largest absolute Gasteiger partial charge is 0.487 e. The van der Waals surface area contributed by atoms with E-state index in [1.807, 2.05) is 0 Å². The van der Waals surface area contributed by atoms with E-state index in [9.17, 15) is 0 Å². The molecule has 2 heterocycles. The van der Waals surface area contributed by atoms with Gasteiger partial charge in [0.25, 0.3) is 0 Å². The van der Waals surface area contributed by atoms with Gasteiger partial charge >= 0.3 is 0 Å². The lowest BCUT2D eigenvalue weighted by atomic mass is 9.92. The van der Waals surface area contributed by atoms with Crippen molar-refractivity contribution in [1.82, 2.24) is 10.6 Å². The van der Waals surface area contributed by atoms with E-state index in [1.165, 1.54) is 29.5 Å². The summed E-state index contributed by atoms with van der Waals surface area (Å²) in [5, 5.41) is 7.49. The highest BCUT2D eigenvalue weighted by atomic mass is 16.5. The number of para-hydroxylation sites is 1. The molecule has 0 aliphatic carbocycles. The smallest absolute Gasteiger partial charge is 0.127 e. The summed E-state index contributed by atoms with van der Waals surface area (Å²) in [6.45, 7) is 6.28. The molecule has 0 spiro atoms. The van der Waals surface area contributed by atoms with Crippen molar-refractivity contribution in [1.29, 1.82) is 0 Å². The van der Waals surface area contributed by atoms with Crippen molar-refractivity contribution in [2.24, 2.45) is 0 Å². The van der Waals surface area contributed by atoms with E-state index in [1.54, 1.807) is 0 Å². The third-order valence-corrected chi connectivity index (χ3v) is 5.34. The summed E-state index contributed by atoms with van der Waals surface area (Å²) in [5.74, 6) is 1.10. The molecule has 25 heavy (non-hydrogen) atoms. The highest BCUT2D eigenvalue weighted by molar-refractivity contribution is 5.45. The fourth-order valence-corrected chi connectivity index (χ4v) is 4.18. The van der Waals surface area contributed by atoms with Crippen molar-refractivity contribution in [2.75, 3.05) is 6.54 Å². The molecule has 2 aliphatic rings. The Kier molecular flexibility index (Phi) is 4.53. The molecule has 0 amide bonds. The van der Waals surface area contributed by atoms with Gasteiger partial charge in [0.2, 0.25) is 0 Å². The molecule has 0 saturated carbocycles. The molecular weight excluding hydrogens is 308 g/mol. The molecule has 0 aromatic heterocycles. The summed E-state index contributed by atoms with van der Waals surface area (Å²) < 4.78 is 6.22. The number of benzene rings is 2. The highest BCUT2D eigenvalue weighted by Gasteiger charge is 2.32. The lowest BCUT2D eigenvalue weighted by Crippen LogP contribution is -2.45. The molecule has 4 rings (SSSR count). The first-order chi connectivity index (χ1) is 12.1. The zero-order chi connectivity index (χ0) is 17.3. The van der Waals surface area contributed by atoms with Crippen molar-refractivity contribution < 1.29 is 4.74 Å². The van der Waals surface area contributed by atoms with Crippen LogP contribution in [0.3, 0.4) is 0 Å². The van der Waals surface area contributed by atoms with Gasteiger partial charge in [0.15, 0.2) is 0 Å². The number of piperidine rings is 1. The van der Waals surface area contributed by atoms with Crippen LogP contribution in [0.15, 0.2) is 48.5 Å². The molecule has 2 aromatic rings. The van der Waals surface area contributed by atoms with Gasteiger partial charge in [-0.3, -0.25) is 0 Å². The predicted molar refractivity (Wildman–Crippen MR) is 102 cm³/mol. The molecule has 2 aromatic carbocycles. The minimum Gasteiger partial charge on any atom is -0.487 e. The monoisotopic (exact) mass is 336 g/mol. The first kappa shape index (κ1) is 16.6. The van der Waals surface area contributed by atoms with Crippen LogP contribution in [0, 0.1) is 0 Å². The Morgan fingerprint density at radius 3 is 2.80 bits per heavy atom. The third kappa shape index (κ3) is 3.58. The van der Waals surface area contributed by atoms with Crippen molar-refractivity contribution >= 4 is 0 Å². The van der Waals surface area contributed by atoms with Gasteiger partial charge in [-0.25, -0.2) is 0 Å². The van der Waals surface area contributed by atoms with Gasteiger partial charge in [-0.05, 0) is 44.4 Å². The fraction of sp³-hybridized carbons (Fsp3) is 0.455. The molecule has 0 bridgehead atoms. The van der Waals surface area contributed by atoms with Crippen LogP contribution >= 0.6 is 0 Å². The van der Waals surface area contributed by atoms with Crippen LogP contribution in [0.5, 0.6) is 5.75 Å². The summed E-state index contributed by atoms with van der Waals surface area (Å²) in [7, 11) is 0. The quantitative estimate of drug-likeness (QED) is 0.886. The summed E-state index contributed by atoms with van der Waals surface area (Å²) in [4.78, 5) is 0. The molecule has 132 valence electrons. The third-order valence-electron chi connectivity index (χ3n) is 5.34. The van der Waals surface area contributed by atoms with Crippen LogP contribution in [0.1, 0.15) is 49.4 Å². The van der Waals surface area contributed by atoms with Crippen LogP contribution in [-0.4, -0.2) is 18.2 Å². The maximum atomic E-state index is 6.22. The summed E-state index contributed by atoms with van der Waals surface area (Å²) in [6, 6.07) is 18.2. The van der Waals surface area contributed by atoms with E-state index in [0.29, 0.717) is 12.1 Å². The molecule has 1 saturated heterocycles. The average Bonchev–Trinajstić information content (AvgIpc) is 2.95. The average molecular weight is 336 g/mol. The number of hydrogen-bond donors (Lipinski definition) is 2. The second kappa shape index (κ2) is 6.81. The van der Waals surface area contributed by atoms with Gasteiger partial charge in [0.05, 0.1) is 0 Å². The van der Waals surface area contributed by atoms with Crippen molar-refractivity contribution in [2.45, 2.75) is 57.3 Å². The highest BCUT2D eigenvalue weighted by Crippen LogP contribution is 2.37. The minimum atomic E-state index is -0.0859. The lowest BCUT2D eigenvalue weighted by molar-refractivity contribution is 0.137. The van der Waals surface area contributed by atoms with Crippen LogP contribution in [0.25, 0.3) is 0 Å². The first-order valence-corrected chi connectivity index (χ1v) is 9.44. The van der Waals surface area contributed by atoms with Gasteiger partial charge in [0.1, 0.15) is 11.4 Å². The topological polar surface area (TPSA) is 33.3 Å². The normalized spacial score (nSPS) is 24.6. The van der Waals surface area contributed by atoms with E-state index in [4.69, 9.17) is 4.74 Å². The lowest BCUT2D eigenvalue weighted by Gasteiger charge is -2.34. The molecular formula is C22H28N2O. The Bertz CT molecular complexity index is 726. The molecule has 0 radical (unpaired) electrons. The van der Waals surface area contributed by atoms with Crippen LogP contribution in [-0.2, 0) is 13.0 Å². The Balaban J connectivity index is 1.49. The Morgan fingerprint density at radius 1 is 1.12 bits per heavy atom. The van der Waals surface area contributed by atoms with Crippen LogP contribution in [0.4, 0.5) is 0 Å². The van der Waals surface area contributed by atoms with E-state index >= 15 is 0 Å². The first-order valence-electron chi connectivity index (χ1n) is 9.44. The summed E-state index contributed by atoms with van der Waals surface area (Å²) >= 11 is 0. The van der Waals surface area contributed by atoms with Crippen molar-refractivity contribution in [3.8, 4) is 5.75 Å². The standard InChI is InChI=1S/C22H28N2O/c1-22(2)14-17-10-6-11-18(21(17)25-22)15-24-19-12-7-13-23-20(19)16-8-4-3-5-9-16/h3-6,8-11,19-20,23-24H,7,12-15H2,1-2H3/t19-,20-/m0/s1. The van der Waals surface area contributed by atoms with Gasteiger partial charge in [-0.15, -0.1) is 0 Å². The summed E-state index contributed by atoms with van der Waals surface area (Å²) in [5.41, 5.74) is 3.90. The zero-order valence-electron chi connectivity index (χ0n) is 15.2. The predicted octanol–water partition coefficient (Wildman–Crippen LogP) is 3.98. The molecule has 1 fully saturated rings. The van der Waals surface area contributed by atoms with Gasteiger partial charge in [-0.1, -0.05) is 48.5 Å². The Morgan fingerprint density at radius 2 is 1.96 bits per heavy atom. The number of fused-ring (bicyclic) bond motifs is 1. The Hall–Kier alpha value is -1.84. The molecule has 2 N–H and O–H groups in total.